The van der Waals surface area contributed by atoms with E-state index in [0.29, 0.717) is 17.8 Å². The molecule has 2 fully saturated rings. The largest absolute Gasteiger partial charge is 0.335 e. The molecule has 2 aliphatic heterocycles. The summed E-state index contributed by atoms with van der Waals surface area (Å²) in [7, 11) is 0. The van der Waals surface area contributed by atoms with E-state index in [1.807, 2.05) is 18.2 Å². The van der Waals surface area contributed by atoms with Gasteiger partial charge in [-0.15, -0.1) is 24.2 Å². The SMILES string of the molecule is Cl.O=C(CSc1cccc2cccc(Cl)c12)N1C2CCNCC1CC2. The van der Waals surface area contributed by atoms with Crippen LogP contribution in [0.25, 0.3) is 10.8 Å². The molecule has 0 radical (unpaired) electrons. The Morgan fingerprint density at radius 3 is 2.76 bits per heavy atom. The average Bonchev–Trinajstić information content (AvgIpc) is 2.85. The summed E-state index contributed by atoms with van der Waals surface area (Å²) in [5.41, 5.74) is 0. The summed E-state index contributed by atoms with van der Waals surface area (Å²) in [5.74, 6) is 0.748. The number of nitrogens with zero attached hydrogens (tertiary/aromatic N) is 1. The van der Waals surface area contributed by atoms with Crippen molar-refractivity contribution in [3.05, 3.63) is 41.4 Å². The lowest BCUT2D eigenvalue weighted by Gasteiger charge is -2.27. The summed E-state index contributed by atoms with van der Waals surface area (Å²) in [6.45, 7) is 1.96. The van der Waals surface area contributed by atoms with Crippen LogP contribution >= 0.6 is 35.8 Å². The van der Waals surface area contributed by atoms with E-state index >= 15 is 0 Å². The maximum absolute atomic E-state index is 12.9. The van der Waals surface area contributed by atoms with E-state index in [2.05, 4.69) is 28.4 Å². The summed E-state index contributed by atoms with van der Waals surface area (Å²) in [6.07, 6.45) is 3.37. The molecule has 2 atom stereocenters. The smallest absolute Gasteiger partial charge is 0.233 e. The molecule has 25 heavy (non-hydrogen) atoms. The van der Waals surface area contributed by atoms with Crippen molar-refractivity contribution in [1.29, 1.82) is 0 Å². The first kappa shape index (κ1) is 18.8. The fourth-order valence-corrected chi connectivity index (χ4v) is 5.30. The van der Waals surface area contributed by atoms with Crippen LogP contribution in [-0.4, -0.2) is 41.7 Å². The van der Waals surface area contributed by atoms with Crippen LogP contribution in [0.3, 0.4) is 0 Å². The van der Waals surface area contributed by atoms with Crippen LogP contribution in [0, 0.1) is 0 Å². The van der Waals surface area contributed by atoms with E-state index in [1.165, 1.54) is 0 Å². The van der Waals surface area contributed by atoms with Gasteiger partial charge in [0.05, 0.1) is 5.75 Å². The quantitative estimate of drug-likeness (QED) is 0.782. The van der Waals surface area contributed by atoms with Crippen molar-refractivity contribution in [3.63, 3.8) is 0 Å². The third-order valence-electron chi connectivity index (χ3n) is 5.11. The maximum Gasteiger partial charge on any atom is 0.233 e. The van der Waals surface area contributed by atoms with Crippen LogP contribution in [0.5, 0.6) is 0 Å². The lowest BCUT2D eigenvalue weighted by Crippen LogP contribution is -2.43. The van der Waals surface area contributed by atoms with Crippen molar-refractivity contribution in [2.24, 2.45) is 0 Å². The van der Waals surface area contributed by atoms with Gasteiger partial charge in [-0.05, 0) is 43.3 Å². The molecule has 2 saturated heterocycles. The number of rotatable bonds is 3. The molecule has 0 aromatic heterocycles. The van der Waals surface area contributed by atoms with Crippen molar-refractivity contribution >= 4 is 52.4 Å². The van der Waals surface area contributed by atoms with E-state index in [0.717, 1.165) is 53.0 Å². The van der Waals surface area contributed by atoms with E-state index in [1.54, 1.807) is 11.8 Å². The lowest BCUT2D eigenvalue weighted by molar-refractivity contribution is -0.130. The molecule has 0 saturated carbocycles. The number of halogens is 2. The van der Waals surface area contributed by atoms with Crippen LogP contribution in [0.1, 0.15) is 19.3 Å². The summed E-state index contributed by atoms with van der Waals surface area (Å²) >= 11 is 8.00. The molecule has 2 heterocycles. The summed E-state index contributed by atoms with van der Waals surface area (Å²) in [4.78, 5) is 16.1. The Hall–Kier alpha value is -0.940. The van der Waals surface area contributed by atoms with Gasteiger partial charge in [-0.3, -0.25) is 4.79 Å². The first-order valence-corrected chi connectivity index (χ1v) is 9.92. The van der Waals surface area contributed by atoms with Gasteiger partial charge in [-0.1, -0.05) is 35.9 Å². The molecule has 2 unspecified atom stereocenters. The highest BCUT2D eigenvalue weighted by Gasteiger charge is 2.37. The summed E-state index contributed by atoms with van der Waals surface area (Å²) < 4.78 is 0. The predicted octanol–water partition coefficient (Wildman–Crippen LogP) is 4.36. The molecule has 0 spiro atoms. The molecule has 1 amide bonds. The second-order valence-corrected chi connectivity index (χ2v) is 7.99. The number of amides is 1. The molecule has 2 aliphatic rings. The number of hydrogen-bond donors (Lipinski definition) is 1. The van der Waals surface area contributed by atoms with Gasteiger partial charge in [0.15, 0.2) is 0 Å². The van der Waals surface area contributed by atoms with Gasteiger partial charge in [0.1, 0.15) is 0 Å². The molecule has 3 nitrogen and oxygen atoms in total. The van der Waals surface area contributed by atoms with Crippen LogP contribution in [0.4, 0.5) is 0 Å². The first-order chi connectivity index (χ1) is 11.7. The maximum atomic E-state index is 12.9. The fourth-order valence-electron chi connectivity index (χ4n) is 3.99. The monoisotopic (exact) mass is 396 g/mol. The van der Waals surface area contributed by atoms with Gasteiger partial charge in [0.25, 0.3) is 0 Å². The number of nitrogens with one attached hydrogen (secondary N) is 1. The Kier molecular flexibility index (Phi) is 6.16. The topological polar surface area (TPSA) is 32.3 Å². The van der Waals surface area contributed by atoms with Crippen molar-refractivity contribution < 1.29 is 4.79 Å². The van der Waals surface area contributed by atoms with Crippen molar-refractivity contribution in [3.8, 4) is 0 Å². The minimum Gasteiger partial charge on any atom is -0.335 e. The number of benzene rings is 2. The van der Waals surface area contributed by atoms with Crippen molar-refractivity contribution in [2.45, 2.75) is 36.2 Å². The third kappa shape index (κ3) is 3.77. The van der Waals surface area contributed by atoms with Gasteiger partial charge in [-0.25, -0.2) is 0 Å². The van der Waals surface area contributed by atoms with Gasteiger partial charge in [-0.2, -0.15) is 0 Å². The van der Waals surface area contributed by atoms with Crippen LogP contribution in [0.15, 0.2) is 41.3 Å². The fraction of sp³-hybridized carbons (Fsp3) is 0.421. The van der Waals surface area contributed by atoms with Crippen LogP contribution in [0.2, 0.25) is 5.02 Å². The zero-order valence-corrected chi connectivity index (χ0v) is 16.3. The Balaban J connectivity index is 0.00000182. The molecule has 4 rings (SSSR count). The number of carbonyl (C=O) groups is 1. The molecular weight excluding hydrogens is 375 g/mol. The number of thioether (sulfide) groups is 1. The minimum atomic E-state index is 0. The van der Waals surface area contributed by atoms with Crippen molar-refractivity contribution in [1.82, 2.24) is 10.2 Å². The third-order valence-corrected chi connectivity index (χ3v) is 6.47. The molecule has 0 aliphatic carbocycles. The first-order valence-electron chi connectivity index (χ1n) is 8.56. The van der Waals surface area contributed by atoms with E-state index in [4.69, 9.17) is 11.6 Å². The second-order valence-electron chi connectivity index (χ2n) is 6.56. The van der Waals surface area contributed by atoms with E-state index in [-0.39, 0.29) is 18.3 Å². The second kappa shape index (κ2) is 8.17. The molecule has 2 bridgehead atoms. The molecule has 2 aromatic rings. The zero-order chi connectivity index (χ0) is 16.5. The normalized spacial score (nSPS) is 22.5. The Morgan fingerprint density at radius 1 is 1.16 bits per heavy atom. The van der Waals surface area contributed by atoms with Crippen molar-refractivity contribution in [2.75, 3.05) is 18.8 Å². The minimum absolute atomic E-state index is 0. The van der Waals surface area contributed by atoms with Gasteiger partial charge in [0.2, 0.25) is 5.91 Å². The number of fused-ring (bicyclic) bond motifs is 3. The van der Waals surface area contributed by atoms with Gasteiger partial charge >= 0.3 is 0 Å². The molecular formula is C19H22Cl2N2OS. The average molecular weight is 397 g/mol. The Labute approximate surface area is 163 Å². The Morgan fingerprint density at radius 2 is 1.92 bits per heavy atom. The molecule has 134 valence electrons. The summed E-state index contributed by atoms with van der Waals surface area (Å²) in [5, 5.41) is 6.38. The highest BCUT2D eigenvalue weighted by atomic mass is 35.5. The predicted molar refractivity (Wildman–Crippen MR) is 108 cm³/mol. The Bertz CT molecular complexity index is 751. The lowest BCUT2D eigenvalue weighted by atomic mass is 10.1. The van der Waals surface area contributed by atoms with Gasteiger partial charge in [0, 0.05) is 33.9 Å². The highest BCUT2D eigenvalue weighted by Crippen LogP contribution is 2.34. The molecule has 6 heteroatoms. The molecule has 2 aromatic carbocycles. The van der Waals surface area contributed by atoms with Crippen LogP contribution in [-0.2, 0) is 4.79 Å². The van der Waals surface area contributed by atoms with E-state index in [9.17, 15) is 4.79 Å². The number of carbonyl (C=O) groups excluding carboxylic acids is 1. The zero-order valence-electron chi connectivity index (χ0n) is 13.9. The van der Waals surface area contributed by atoms with Gasteiger partial charge < -0.3 is 10.2 Å². The summed E-state index contributed by atoms with van der Waals surface area (Å²) in [6, 6.07) is 12.9. The van der Waals surface area contributed by atoms with Crippen LogP contribution < -0.4 is 5.32 Å². The van der Waals surface area contributed by atoms with E-state index < -0.39 is 0 Å². The standard InChI is InChI=1S/C19H21ClN2OS.ClH/c20-16-5-1-3-13-4-2-6-17(19(13)16)24-12-18(23)22-14-7-8-15(22)11-21-10-9-14;/h1-6,14-15,21H,7-12H2;1H. The highest BCUT2D eigenvalue weighted by molar-refractivity contribution is 8.00. The molecule has 1 N–H and O–H groups in total. The number of hydrogen-bond acceptors (Lipinski definition) is 3.